The van der Waals surface area contributed by atoms with Crippen molar-refractivity contribution in [3.05, 3.63) is 34.4 Å². The molecule has 0 aliphatic heterocycles. The maximum absolute atomic E-state index is 12.0. The number of carbonyl (C=O) groups excluding carboxylic acids is 2. The Bertz CT molecular complexity index is 453. The number of primary amides is 1. The number of benzene rings is 1. The summed E-state index contributed by atoms with van der Waals surface area (Å²) in [6, 6.07) is 3.40. The summed E-state index contributed by atoms with van der Waals surface area (Å²) < 4.78 is 0. The predicted molar refractivity (Wildman–Crippen MR) is 67.1 cm³/mol. The first-order valence-electron chi connectivity index (χ1n) is 5.67. The summed E-state index contributed by atoms with van der Waals surface area (Å²) in [5.74, 6) is -0.656. The first-order valence-corrected chi connectivity index (χ1v) is 5.67. The van der Waals surface area contributed by atoms with Crippen LogP contribution in [0.1, 0.15) is 45.2 Å². The summed E-state index contributed by atoms with van der Waals surface area (Å²) in [6.45, 7) is 6.20. The molecule has 0 fully saturated rings. The molecule has 0 aromatic heterocycles. The molecule has 1 rings (SSSR count). The topological polar surface area (TPSA) is 72.2 Å². The first-order chi connectivity index (χ1) is 7.99. The molecule has 0 spiro atoms. The SMILES string of the molecule is CCCNC(=O)c1c(C)ccc(C(N)=O)c1C. The molecule has 0 aliphatic carbocycles. The van der Waals surface area contributed by atoms with E-state index in [1.54, 1.807) is 19.1 Å². The number of hydrogen-bond donors (Lipinski definition) is 2. The molecule has 1 aromatic carbocycles. The van der Waals surface area contributed by atoms with E-state index < -0.39 is 5.91 Å². The van der Waals surface area contributed by atoms with Crippen LogP contribution in [0.15, 0.2) is 12.1 Å². The van der Waals surface area contributed by atoms with Crippen molar-refractivity contribution in [2.45, 2.75) is 27.2 Å². The average molecular weight is 234 g/mol. The quantitative estimate of drug-likeness (QED) is 0.829. The molecule has 4 nitrogen and oxygen atoms in total. The summed E-state index contributed by atoms with van der Waals surface area (Å²) in [6.07, 6.45) is 0.874. The van der Waals surface area contributed by atoms with Gasteiger partial charge in [0.1, 0.15) is 0 Å². The van der Waals surface area contributed by atoms with Crippen LogP contribution in [0.4, 0.5) is 0 Å². The smallest absolute Gasteiger partial charge is 0.251 e. The molecule has 0 saturated carbocycles. The lowest BCUT2D eigenvalue weighted by Crippen LogP contribution is -2.27. The molecule has 4 heteroatoms. The van der Waals surface area contributed by atoms with Crippen LogP contribution in [-0.2, 0) is 0 Å². The van der Waals surface area contributed by atoms with Crippen LogP contribution in [0.5, 0.6) is 0 Å². The predicted octanol–water partition coefficient (Wildman–Crippen LogP) is 1.54. The molecule has 0 bridgehead atoms. The maximum atomic E-state index is 12.0. The maximum Gasteiger partial charge on any atom is 0.251 e. The van der Waals surface area contributed by atoms with Crippen LogP contribution in [-0.4, -0.2) is 18.4 Å². The highest BCUT2D eigenvalue weighted by molar-refractivity contribution is 6.02. The van der Waals surface area contributed by atoms with Crippen LogP contribution in [0.2, 0.25) is 0 Å². The minimum Gasteiger partial charge on any atom is -0.366 e. The summed E-state index contributed by atoms with van der Waals surface area (Å²) in [4.78, 5) is 23.2. The monoisotopic (exact) mass is 234 g/mol. The van der Waals surface area contributed by atoms with Crippen molar-refractivity contribution in [1.82, 2.24) is 5.32 Å². The lowest BCUT2D eigenvalue weighted by molar-refractivity contribution is 0.0952. The van der Waals surface area contributed by atoms with Crippen molar-refractivity contribution in [3.8, 4) is 0 Å². The Kier molecular flexibility index (Phi) is 4.26. The zero-order valence-corrected chi connectivity index (χ0v) is 10.5. The van der Waals surface area contributed by atoms with Gasteiger partial charge >= 0.3 is 0 Å². The van der Waals surface area contributed by atoms with Gasteiger partial charge in [0.2, 0.25) is 5.91 Å². The third-order valence-corrected chi connectivity index (χ3v) is 2.70. The minimum absolute atomic E-state index is 0.148. The second kappa shape index (κ2) is 5.48. The number of rotatable bonds is 4. The molecule has 0 unspecified atom stereocenters. The van der Waals surface area contributed by atoms with Crippen LogP contribution in [0, 0.1) is 13.8 Å². The van der Waals surface area contributed by atoms with E-state index in [1.165, 1.54) is 0 Å². The van der Waals surface area contributed by atoms with Crippen LogP contribution in [0.3, 0.4) is 0 Å². The van der Waals surface area contributed by atoms with E-state index in [0.29, 0.717) is 23.2 Å². The van der Waals surface area contributed by atoms with Crippen molar-refractivity contribution in [2.75, 3.05) is 6.54 Å². The molecule has 0 saturated heterocycles. The molecule has 17 heavy (non-hydrogen) atoms. The van der Waals surface area contributed by atoms with E-state index in [9.17, 15) is 9.59 Å². The van der Waals surface area contributed by atoms with Gasteiger partial charge in [0, 0.05) is 17.7 Å². The fourth-order valence-corrected chi connectivity index (χ4v) is 1.79. The van der Waals surface area contributed by atoms with Crippen molar-refractivity contribution in [3.63, 3.8) is 0 Å². The van der Waals surface area contributed by atoms with Crippen molar-refractivity contribution in [1.29, 1.82) is 0 Å². The summed E-state index contributed by atoms with van der Waals surface area (Å²) >= 11 is 0. The zero-order chi connectivity index (χ0) is 13.0. The second-order valence-corrected chi connectivity index (χ2v) is 4.05. The molecule has 0 heterocycles. The van der Waals surface area contributed by atoms with Gasteiger partial charge in [0.25, 0.3) is 5.91 Å². The standard InChI is InChI=1S/C13H18N2O2/c1-4-7-15-13(17)11-8(2)5-6-10(9(11)3)12(14)16/h5-6H,4,7H2,1-3H3,(H2,14,16)(H,15,17). The van der Waals surface area contributed by atoms with Crippen molar-refractivity contribution >= 4 is 11.8 Å². The number of amides is 2. The van der Waals surface area contributed by atoms with E-state index in [1.807, 2.05) is 13.8 Å². The van der Waals surface area contributed by atoms with E-state index in [-0.39, 0.29) is 5.91 Å². The fraction of sp³-hybridized carbons (Fsp3) is 0.385. The lowest BCUT2D eigenvalue weighted by Gasteiger charge is -2.12. The molecule has 92 valence electrons. The number of carbonyl (C=O) groups is 2. The highest BCUT2D eigenvalue weighted by Crippen LogP contribution is 2.17. The van der Waals surface area contributed by atoms with Crippen LogP contribution < -0.4 is 11.1 Å². The number of nitrogens with one attached hydrogen (secondary N) is 1. The van der Waals surface area contributed by atoms with Crippen LogP contribution >= 0.6 is 0 Å². The number of hydrogen-bond acceptors (Lipinski definition) is 2. The number of nitrogens with two attached hydrogens (primary N) is 1. The zero-order valence-electron chi connectivity index (χ0n) is 10.5. The molecule has 2 amide bonds. The van der Waals surface area contributed by atoms with Crippen molar-refractivity contribution in [2.24, 2.45) is 5.73 Å². The molecule has 0 radical (unpaired) electrons. The Morgan fingerprint density at radius 3 is 2.47 bits per heavy atom. The van der Waals surface area contributed by atoms with Gasteiger partial charge in [-0.15, -0.1) is 0 Å². The minimum atomic E-state index is -0.507. The average Bonchev–Trinajstić information content (AvgIpc) is 2.25. The van der Waals surface area contributed by atoms with Gasteiger partial charge in [0.05, 0.1) is 0 Å². The van der Waals surface area contributed by atoms with E-state index in [2.05, 4.69) is 5.32 Å². The van der Waals surface area contributed by atoms with E-state index in [0.717, 1.165) is 12.0 Å². The molecule has 3 N–H and O–H groups in total. The van der Waals surface area contributed by atoms with Crippen LogP contribution in [0.25, 0.3) is 0 Å². The van der Waals surface area contributed by atoms with Crippen molar-refractivity contribution < 1.29 is 9.59 Å². The van der Waals surface area contributed by atoms with Gasteiger partial charge < -0.3 is 11.1 Å². The van der Waals surface area contributed by atoms with Gasteiger partial charge in [-0.2, -0.15) is 0 Å². The third kappa shape index (κ3) is 2.84. The molecular formula is C13H18N2O2. The number of aryl methyl sites for hydroxylation is 1. The normalized spacial score (nSPS) is 10.1. The fourth-order valence-electron chi connectivity index (χ4n) is 1.79. The second-order valence-electron chi connectivity index (χ2n) is 4.05. The van der Waals surface area contributed by atoms with Gasteiger partial charge in [-0.1, -0.05) is 13.0 Å². The third-order valence-electron chi connectivity index (χ3n) is 2.70. The molecule has 1 aromatic rings. The Balaban J connectivity index is 3.18. The highest BCUT2D eigenvalue weighted by Gasteiger charge is 2.16. The van der Waals surface area contributed by atoms with Gasteiger partial charge in [-0.05, 0) is 37.5 Å². The van der Waals surface area contributed by atoms with E-state index >= 15 is 0 Å². The summed E-state index contributed by atoms with van der Waals surface area (Å²) in [5.41, 5.74) is 7.71. The molecular weight excluding hydrogens is 216 g/mol. The lowest BCUT2D eigenvalue weighted by atomic mass is 9.96. The molecule has 0 aliphatic rings. The Labute approximate surface area is 101 Å². The van der Waals surface area contributed by atoms with Gasteiger partial charge in [-0.3, -0.25) is 9.59 Å². The largest absolute Gasteiger partial charge is 0.366 e. The first kappa shape index (κ1) is 13.2. The Morgan fingerprint density at radius 1 is 1.29 bits per heavy atom. The Hall–Kier alpha value is -1.84. The summed E-state index contributed by atoms with van der Waals surface area (Å²) in [5, 5.41) is 2.81. The van der Waals surface area contributed by atoms with E-state index in [4.69, 9.17) is 5.73 Å². The highest BCUT2D eigenvalue weighted by atomic mass is 16.2. The summed E-state index contributed by atoms with van der Waals surface area (Å²) in [7, 11) is 0. The Morgan fingerprint density at radius 2 is 1.94 bits per heavy atom. The molecule has 0 atom stereocenters. The van der Waals surface area contributed by atoms with Gasteiger partial charge in [0.15, 0.2) is 0 Å². The van der Waals surface area contributed by atoms with Gasteiger partial charge in [-0.25, -0.2) is 0 Å².